The van der Waals surface area contributed by atoms with Crippen molar-refractivity contribution >= 4 is 41.4 Å². The van der Waals surface area contributed by atoms with Crippen molar-refractivity contribution in [2.75, 3.05) is 19.6 Å². The topological polar surface area (TPSA) is 103 Å². The summed E-state index contributed by atoms with van der Waals surface area (Å²) >= 11 is 4.97. The number of rotatable bonds is 4. The Morgan fingerprint density at radius 3 is 2.64 bits per heavy atom. The van der Waals surface area contributed by atoms with E-state index in [1.165, 1.54) is 9.13 Å². The smallest absolute Gasteiger partial charge is 0.329 e. The Kier molecular flexibility index (Phi) is 5.94. The number of carbonyl (C=O) groups is 3. The number of aryl methyl sites for hydroxylation is 1. The molecule has 0 spiro atoms. The molecule has 4 rings (SSSR count). The molecule has 0 bridgehead atoms. The molecule has 2 atom stereocenters. The number of nitrogens with zero attached hydrogens (tertiary/aromatic N) is 3. The van der Waals surface area contributed by atoms with Crippen molar-refractivity contribution in [1.29, 1.82) is 0 Å². The number of piperidine rings is 1. The lowest BCUT2D eigenvalue weighted by Crippen LogP contribution is -2.44. The van der Waals surface area contributed by atoms with Crippen LogP contribution in [0.1, 0.15) is 51.6 Å². The van der Waals surface area contributed by atoms with Gasteiger partial charge in [-0.05, 0) is 51.3 Å². The number of amides is 2. The molecule has 178 valence electrons. The third-order valence-electron chi connectivity index (χ3n) is 6.25. The van der Waals surface area contributed by atoms with Crippen LogP contribution in [0.2, 0.25) is 0 Å². The van der Waals surface area contributed by atoms with Gasteiger partial charge in [-0.3, -0.25) is 33.7 Å². The molecule has 2 amide bonds. The quantitative estimate of drug-likeness (QED) is 0.396. The van der Waals surface area contributed by atoms with Gasteiger partial charge in [-0.1, -0.05) is 6.07 Å². The summed E-state index contributed by atoms with van der Waals surface area (Å²) in [7, 11) is 1.67. The van der Waals surface area contributed by atoms with E-state index in [-0.39, 0.29) is 30.5 Å². The molecule has 2 aliphatic rings. The first-order valence-corrected chi connectivity index (χ1v) is 11.5. The van der Waals surface area contributed by atoms with Crippen molar-refractivity contribution in [3.8, 4) is 0 Å². The summed E-state index contributed by atoms with van der Waals surface area (Å²) in [5.74, 6) is -1.04. The summed E-state index contributed by atoms with van der Waals surface area (Å²) in [4.78, 5) is 51.2. The number of esters is 1. The molecule has 2 aromatic rings. The lowest BCUT2D eigenvalue weighted by Gasteiger charge is -2.26. The third kappa shape index (κ3) is 4.59. The molecule has 0 aliphatic carbocycles. The van der Waals surface area contributed by atoms with E-state index in [0.29, 0.717) is 30.5 Å². The molecule has 2 aliphatic heterocycles. The van der Waals surface area contributed by atoms with Gasteiger partial charge >= 0.3 is 11.7 Å². The lowest BCUT2D eigenvalue weighted by atomic mass is 9.96. The predicted octanol–water partition coefficient (Wildman–Crippen LogP) is 1.49. The summed E-state index contributed by atoms with van der Waals surface area (Å²) in [5.41, 5.74) is 1.45. The van der Waals surface area contributed by atoms with Gasteiger partial charge in [0.05, 0.1) is 22.3 Å². The number of thiol groups is 1. The number of ether oxygens (including phenoxy) is 1. The van der Waals surface area contributed by atoms with Crippen LogP contribution in [0.3, 0.4) is 0 Å². The Bertz CT molecular complexity index is 1190. The van der Waals surface area contributed by atoms with E-state index in [1.54, 1.807) is 7.05 Å². The van der Waals surface area contributed by atoms with Crippen LogP contribution in [-0.2, 0) is 30.9 Å². The van der Waals surface area contributed by atoms with Crippen molar-refractivity contribution in [3.63, 3.8) is 0 Å². The second-order valence-corrected chi connectivity index (χ2v) is 10.8. The Balaban J connectivity index is 1.59. The fraction of sp³-hybridized carbons (Fsp3) is 0.565. The Morgan fingerprint density at radius 2 is 1.97 bits per heavy atom. The SMILES string of the molecule is Cn1c(=O)n(C2CCC(=O)NC2=O)c2ccc([C@]3(S)CCN(CC(=O)OC(C)(C)C)C3)cc21. The molecular formula is C23H30N4O5S. The van der Waals surface area contributed by atoms with Crippen molar-refractivity contribution in [2.45, 2.75) is 56.4 Å². The molecule has 1 unspecified atom stereocenters. The second kappa shape index (κ2) is 8.32. The highest BCUT2D eigenvalue weighted by atomic mass is 32.1. The molecule has 1 aromatic heterocycles. The predicted molar refractivity (Wildman–Crippen MR) is 126 cm³/mol. The van der Waals surface area contributed by atoms with Gasteiger partial charge in [0.1, 0.15) is 11.6 Å². The minimum absolute atomic E-state index is 0.199. The van der Waals surface area contributed by atoms with Gasteiger partial charge in [-0.25, -0.2) is 4.79 Å². The highest BCUT2D eigenvalue weighted by Gasteiger charge is 2.38. The zero-order valence-corrected chi connectivity index (χ0v) is 20.3. The summed E-state index contributed by atoms with van der Waals surface area (Å²) in [6, 6.07) is 4.98. The minimum atomic E-state index is -0.717. The second-order valence-electron chi connectivity index (χ2n) is 9.96. The molecule has 1 aromatic carbocycles. The van der Waals surface area contributed by atoms with Crippen LogP contribution in [0, 0.1) is 0 Å². The Labute approximate surface area is 197 Å². The molecule has 9 nitrogen and oxygen atoms in total. The molecule has 2 fully saturated rings. The van der Waals surface area contributed by atoms with Crippen LogP contribution in [-0.4, -0.2) is 57.1 Å². The number of benzene rings is 1. The molecule has 0 radical (unpaired) electrons. The molecule has 10 heteroatoms. The summed E-state index contributed by atoms with van der Waals surface area (Å²) in [5, 5.41) is 2.32. The van der Waals surface area contributed by atoms with Gasteiger partial charge in [-0.15, -0.1) is 0 Å². The number of imidazole rings is 1. The Morgan fingerprint density at radius 1 is 1.24 bits per heavy atom. The van der Waals surface area contributed by atoms with E-state index < -0.39 is 22.3 Å². The number of likely N-dealkylation sites (tertiary alicyclic amines) is 1. The maximum Gasteiger partial charge on any atom is 0.329 e. The van der Waals surface area contributed by atoms with E-state index in [0.717, 1.165) is 12.0 Å². The molecule has 3 heterocycles. The zero-order chi connectivity index (χ0) is 24.1. The van der Waals surface area contributed by atoms with Crippen molar-refractivity contribution in [1.82, 2.24) is 19.4 Å². The lowest BCUT2D eigenvalue weighted by molar-refractivity contribution is -0.155. The van der Waals surface area contributed by atoms with Gasteiger partial charge in [0, 0.05) is 26.6 Å². The average molecular weight is 475 g/mol. The number of hydrogen-bond donors (Lipinski definition) is 2. The highest BCUT2D eigenvalue weighted by molar-refractivity contribution is 7.81. The van der Waals surface area contributed by atoms with E-state index in [1.807, 2.05) is 43.9 Å². The summed E-state index contributed by atoms with van der Waals surface area (Å²) in [6.07, 6.45) is 1.23. The van der Waals surface area contributed by atoms with Gasteiger partial charge < -0.3 is 4.74 Å². The molecule has 0 saturated carbocycles. The van der Waals surface area contributed by atoms with Gasteiger partial charge in [-0.2, -0.15) is 12.6 Å². The van der Waals surface area contributed by atoms with E-state index >= 15 is 0 Å². The van der Waals surface area contributed by atoms with Crippen molar-refractivity contribution < 1.29 is 19.1 Å². The number of hydrogen-bond acceptors (Lipinski definition) is 7. The Hall–Kier alpha value is -2.59. The maximum absolute atomic E-state index is 13.0. The number of carbonyl (C=O) groups excluding carboxylic acids is 3. The van der Waals surface area contributed by atoms with E-state index in [4.69, 9.17) is 17.4 Å². The monoisotopic (exact) mass is 474 g/mol. The number of aromatic nitrogens is 2. The number of fused-ring (bicyclic) bond motifs is 1. The largest absolute Gasteiger partial charge is 0.459 e. The van der Waals surface area contributed by atoms with Gasteiger partial charge in [0.25, 0.3) is 0 Å². The zero-order valence-electron chi connectivity index (χ0n) is 19.4. The van der Waals surface area contributed by atoms with Crippen molar-refractivity contribution in [3.05, 3.63) is 34.2 Å². The van der Waals surface area contributed by atoms with E-state index in [2.05, 4.69) is 5.32 Å². The van der Waals surface area contributed by atoms with E-state index in [9.17, 15) is 19.2 Å². The normalized spacial score (nSPS) is 24.3. The van der Waals surface area contributed by atoms with Crippen LogP contribution in [0.15, 0.2) is 23.0 Å². The first kappa shape index (κ1) is 23.6. The van der Waals surface area contributed by atoms with Gasteiger partial charge in [0.15, 0.2) is 0 Å². The molecule has 33 heavy (non-hydrogen) atoms. The fourth-order valence-corrected chi connectivity index (χ4v) is 5.12. The number of nitrogens with one attached hydrogen (secondary N) is 1. The first-order valence-electron chi connectivity index (χ1n) is 11.1. The molecular weight excluding hydrogens is 444 g/mol. The van der Waals surface area contributed by atoms with Crippen LogP contribution in [0.5, 0.6) is 0 Å². The molecule has 1 N–H and O–H groups in total. The molecule has 2 saturated heterocycles. The van der Waals surface area contributed by atoms with Crippen molar-refractivity contribution in [2.24, 2.45) is 7.05 Å². The third-order valence-corrected chi connectivity index (χ3v) is 6.87. The highest BCUT2D eigenvalue weighted by Crippen LogP contribution is 2.39. The van der Waals surface area contributed by atoms with Gasteiger partial charge in [0.2, 0.25) is 11.8 Å². The van der Waals surface area contributed by atoms with Crippen LogP contribution < -0.4 is 11.0 Å². The average Bonchev–Trinajstić information content (AvgIpc) is 3.19. The van der Waals surface area contributed by atoms with Crippen LogP contribution in [0.25, 0.3) is 11.0 Å². The summed E-state index contributed by atoms with van der Waals surface area (Å²) in [6.45, 7) is 7.01. The standard InChI is InChI=1S/C23H30N4O5S/c1-22(2,3)32-19(29)12-26-10-9-23(33,13-26)14-5-6-15-17(11-14)25(4)21(31)27(15)16-7-8-18(28)24-20(16)30/h5-6,11,16,33H,7-10,12-13H2,1-4H3,(H,24,28,30)/t16?,23-/m0/s1. The minimum Gasteiger partial charge on any atom is -0.459 e. The first-order chi connectivity index (χ1) is 15.4. The number of imide groups is 1. The maximum atomic E-state index is 13.0. The van der Waals surface area contributed by atoms with Crippen LogP contribution in [0.4, 0.5) is 0 Å². The fourth-order valence-electron chi connectivity index (χ4n) is 4.68. The summed E-state index contributed by atoms with van der Waals surface area (Å²) < 4.78 is 7.94. The van der Waals surface area contributed by atoms with Crippen LogP contribution >= 0.6 is 12.6 Å².